The summed E-state index contributed by atoms with van der Waals surface area (Å²) in [5.41, 5.74) is 0.0491. The Morgan fingerprint density at radius 2 is 1.94 bits per heavy atom. The van der Waals surface area contributed by atoms with E-state index in [1.54, 1.807) is 5.92 Å². The van der Waals surface area contributed by atoms with Gasteiger partial charge < -0.3 is 5.11 Å². The Kier molecular flexibility index (Phi) is 5.36. The van der Waals surface area contributed by atoms with E-state index in [1.165, 1.54) is 5.57 Å². The van der Waals surface area contributed by atoms with Gasteiger partial charge in [-0.2, -0.15) is 14.0 Å². The molecular weight excluding hydrogens is 444 g/mol. The fourth-order valence-electron chi connectivity index (χ4n) is 8.70. The van der Waals surface area contributed by atoms with Crippen LogP contribution in [-0.4, -0.2) is 22.4 Å². The summed E-state index contributed by atoms with van der Waals surface area (Å²) in [6.45, 7) is 5.95. The molecule has 35 heavy (non-hydrogen) atoms. The highest BCUT2D eigenvalue weighted by molar-refractivity contribution is 5.91. The number of terminal acetylenes is 1. The monoisotopic (exact) mass is 477 g/mol. The number of allylic oxidation sites excluding steroid dienone is 1. The highest BCUT2D eigenvalue weighted by Gasteiger charge is 2.72. The molecule has 5 heteroatoms. The molecule has 0 aromatic heterocycles. The van der Waals surface area contributed by atoms with Crippen molar-refractivity contribution in [3.63, 3.8) is 0 Å². The van der Waals surface area contributed by atoms with Crippen molar-refractivity contribution < 1.29 is 18.7 Å². The molecule has 5 rings (SSSR count). The quantitative estimate of drug-likeness (QED) is 0.524. The number of fused-ring (bicyclic) bond motifs is 5. The van der Waals surface area contributed by atoms with Crippen molar-refractivity contribution in [2.24, 2.45) is 28.6 Å². The number of carbonyl (C=O) groups excluding carboxylic acids is 1. The molecule has 3 fully saturated rings. The number of hydrogen-bond donors (Lipinski definition) is 1. The van der Waals surface area contributed by atoms with E-state index in [0.29, 0.717) is 24.8 Å². The maximum atomic E-state index is 15.2. The van der Waals surface area contributed by atoms with Gasteiger partial charge in [-0.05, 0) is 104 Å². The second-order valence-corrected chi connectivity index (χ2v) is 11.9. The number of nitriles is 1. The van der Waals surface area contributed by atoms with Gasteiger partial charge in [0.05, 0.1) is 11.6 Å². The van der Waals surface area contributed by atoms with Crippen molar-refractivity contribution in [2.45, 2.75) is 83.2 Å². The maximum Gasteiger partial charge on any atom is 0.336 e. The number of benzene rings is 1. The number of alkyl halides is 2. The van der Waals surface area contributed by atoms with Crippen LogP contribution in [0.3, 0.4) is 0 Å². The molecule has 0 heterocycles. The summed E-state index contributed by atoms with van der Waals surface area (Å²) in [4.78, 5) is 12.3. The van der Waals surface area contributed by atoms with Crippen LogP contribution in [0.25, 0.3) is 0 Å². The summed E-state index contributed by atoms with van der Waals surface area (Å²) in [7, 11) is 0. The molecule has 3 nitrogen and oxygen atoms in total. The van der Waals surface area contributed by atoms with E-state index >= 15 is 8.78 Å². The van der Waals surface area contributed by atoms with E-state index in [2.05, 4.69) is 13.0 Å². The molecule has 4 aliphatic carbocycles. The summed E-state index contributed by atoms with van der Waals surface area (Å²) in [5.74, 6) is -1.78. The minimum absolute atomic E-state index is 0.0173. The van der Waals surface area contributed by atoms with Crippen molar-refractivity contribution >= 4 is 5.78 Å². The summed E-state index contributed by atoms with van der Waals surface area (Å²) < 4.78 is 30.4. The lowest BCUT2D eigenvalue weighted by molar-refractivity contribution is -0.222. The fourth-order valence-corrected chi connectivity index (χ4v) is 8.70. The van der Waals surface area contributed by atoms with Gasteiger partial charge in [0, 0.05) is 11.8 Å². The lowest BCUT2D eigenvalue weighted by Gasteiger charge is -2.62. The number of rotatable bonds is 2. The highest BCUT2D eigenvalue weighted by atomic mass is 19.3. The molecule has 1 N–H and O–H groups in total. The van der Waals surface area contributed by atoms with Crippen LogP contribution in [0.2, 0.25) is 0 Å². The lowest BCUT2D eigenvalue weighted by atomic mass is 9.42. The smallest absolute Gasteiger partial charge is 0.336 e. The Bertz CT molecular complexity index is 1210. The van der Waals surface area contributed by atoms with E-state index in [1.807, 2.05) is 38.1 Å². The zero-order valence-corrected chi connectivity index (χ0v) is 20.7. The first-order chi connectivity index (χ1) is 16.4. The number of hydrogen-bond acceptors (Lipinski definition) is 3. The minimum Gasteiger partial charge on any atom is -0.382 e. The molecule has 3 saturated carbocycles. The van der Waals surface area contributed by atoms with Gasteiger partial charge in [0.2, 0.25) is 0 Å². The van der Waals surface area contributed by atoms with Crippen LogP contribution in [0.5, 0.6) is 0 Å². The number of ketones is 1. The number of aryl methyl sites for hydroxylation is 1. The topological polar surface area (TPSA) is 61.1 Å². The molecule has 1 aromatic carbocycles. The summed E-state index contributed by atoms with van der Waals surface area (Å²) in [5, 5.41) is 21.3. The lowest BCUT2D eigenvalue weighted by Crippen LogP contribution is -2.62. The van der Waals surface area contributed by atoms with E-state index in [9.17, 15) is 15.2 Å². The van der Waals surface area contributed by atoms with Crippen molar-refractivity contribution in [2.75, 3.05) is 0 Å². The average molecular weight is 478 g/mol. The average Bonchev–Trinajstić information content (AvgIpc) is 3.11. The molecule has 0 saturated heterocycles. The SMILES string of the molecule is C#CC(F)(F)[C@]1(O)CCC2C3CCC4=CC(=O)CCC4(C)C3[C@@H](c3ccc(C)c(C#N)c3)CC21C. The number of nitrogens with zero attached hydrogens (tertiary/aromatic N) is 1. The summed E-state index contributed by atoms with van der Waals surface area (Å²) >= 11 is 0. The Balaban J connectivity index is 1.70. The van der Waals surface area contributed by atoms with Crippen molar-refractivity contribution in [1.29, 1.82) is 5.26 Å². The number of aliphatic hydroxyl groups is 1. The predicted octanol–water partition coefficient (Wildman–Crippen LogP) is 6.09. The highest BCUT2D eigenvalue weighted by Crippen LogP contribution is 2.72. The molecule has 7 atom stereocenters. The Morgan fingerprint density at radius 1 is 1.20 bits per heavy atom. The third kappa shape index (κ3) is 3.14. The molecule has 184 valence electrons. The van der Waals surface area contributed by atoms with Crippen LogP contribution in [0.1, 0.15) is 81.4 Å². The molecule has 0 spiro atoms. The molecule has 0 bridgehead atoms. The largest absolute Gasteiger partial charge is 0.382 e. The zero-order valence-electron chi connectivity index (χ0n) is 20.7. The van der Waals surface area contributed by atoms with Gasteiger partial charge in [-0.25, -0.2) is 0 Å². The predicted molar refractivity (Wildman–Crippen MR) is 129 cm³/mol. The molecule has 0 aliphatic heterocycles. The van der Waals surface area contributed by atoms with Crippen LogP contribution in [0.4, 0.5) is 8.78 Å². The van der Waals surface area contributed by atoms with Gasteiger partial charge in [-0.15, -0.1) is 6.42 Å². The van der Waals surface area contributed by atoms with E-state index < -0.39 is 16.9 Å². The number of halogens is 2. The molecule has 5 unspecified atom stereocenters. The minimum atomic E-state index is -3.63. The number of carbonyl (C=O) groups is 1. The van der Waals surface area contributed by atoms with E-state index in [4.69, 9.17) is 6.42 Å². The first-order valence-corrected chi connectivity index (χ1v) is 12.7. The van der Waals surface area contributed by atoms with Gasteiger partial charge in [0.15, 0.2) is 5.78 Å². The van der Waals surface area contributed by atoms with Crippen LogP contribution in [-0.2, 0) is 4.79 Å². The first-order valence-electron chi connectivity index (χ1n) is 12.7. The molecule has 1 aromatic rings. The summed E-state index contributed by atoms with van der Waals surface area (Å²) in [6, 6.07) is 8.13. The van der Waals surface area contributed by atoms with Gasteiger partial charge in [0.25, 0.3) is 0 Å². The third-order valence-corrected chi connectivity index (χ3v) is 10.6. The Labute approximate surface area is 206 Å². The second kappa shape index (κ2) is 7.75. The van der Waals surface area contributed by atoms with Crippen LogP contribution in [0.15, 0.2) is 29.8 Å². The van der Waals surface area contributed by atoms with Gasteiger partial charge in [-0.3, -0.25) is 4.79 Å². The standard InChI is InChI=1S/C30H33F2NO2/c1-5-30(31,32)29(35)13-11-25-23-9-8-21-15-22(34)10-12-27(21,3)26(23)24(16-28(25,29)4)19-7-6-18(2)20(14-19)17-33/h1,6-7,14-15,23-26,35H,8-13,16H2,2-4H3/t23?,24-,25?,26?,27?,28?,29+/m1/s1. The fraction of sp³-hybridized carbons (Fsp3) is 0.600. The summed E-state index contributed by atoms with van der Waals surface area (Å²) in [6.07, 6.45) is 10.8. The Morgan fingerprint density at radius 3 is 2.63 bits per heavy atom. The van der Waals surface area contributed by atoms with Crippen molar-refractivity contribution in [3.05, 3.63) is 46.5 Å². The molecule has 0 amide bonds. The van der Waals surface area contributed by atoms with Crippen molar-refractivity contribution in [1.82, 2.24) is 0 Å². The van der Waals surface area contributed by atoms with Crippen molar-refractivity contribution in [3.8, 4) is 18.4 Å². The molecular formula is C30H33F2NO2. The van der Waals surface area contributed by atoms with Gasteiger partial charge in [0.1, 0.15) is 5.60 Å². The van der Waals surface area contributed by atoms with Crippen LogP contribution >= 0.6 is 0 Å². The van der Waals surface area contributed by atoms with E-state index in [-0.39, 0.29) is 41.3 Å². The second-order valence-electron chi connectivity index (χ2n) is 11.9. The maximum absolute atomic E-state index is 15.2. The third-order valence-electron chi connectivity index (χ3n) is 10.6. The molecule has 4 aliphatic rings. The van der Waals surface area contributed by atoms with Gasteiger partial charge in [-0.1, -0.05) is 31.6 Å². The first kappa shape index (κ1) is 24.2. The zero-order chi connectivity index (χ0) is 25.4. The normalized spacial score (nSPS) is 40.6. The van der Waals surface area contributed by atoms with E-state index in [0.717, 1.165) is 30.4 Å². The van der Waals surface area contributed by atoms with Gasteiger partial charge >= 0.3 is 5.92 Å². The Hall–Kier alpha value is -2.50. The van der Waals surface area contributed by atoms with Crippen LogP contribution < -0.4 is 0 Å². The molecule has 0 radical (unpaired) electrons. The van der Waals surface area contributed by atoms with Crippen LogP contribution in [0, 0.1) is 59.2 Å².